The lowest BCUT2D eigenvalue weighted by molar-refractivity contribution is -0.122. The first-order valence-electron chi connectivity index (χ1n) is 13.6. The van der Waals surface area contributed by atoms with E-state index in [9.17, 15) is 0 Å². The Morgan fingerprint density at radius 3 is 1.93 bits per heavy atom. The highest BCUT2D eigenvalue weighted by molar-refractivity contribution is 5.05. The molecule has 0 aromatic heterocycles. The van der Waals surface area contributed by atoms with E-state index in [2.05, 4.69) is 61.3 Å². The summed E-state index contributed by atoms with van der Waals surface area (Å²) in [7, 11) is 0. The van der Waals surface area contributed by atoms with Gasteiger partial charge in [0, 0.05) is 6.42 Å². The van der Waals surface area contributed by atoms with Gasteiger partial charge in [0.05, 0.1) is 0 Å². The fourth-order valence-corrected chi connectivity index (χ4v) is 6.72. The van der Waals surface area contributed by atoms with E-state index in [-0.39, 0.29) is 0 Å². The van der Waals surface area contributed by atoms with Crippen molar-refractivity contribution in [2.75, 3.05) is 0 Å². The summed E-state index contributed by atoms with van der Waals surface area (Å²) in [6.07, 6.45) is 23.0. The van der Waals surface area contributed by atoms with Crippen molar-refractivity contribution in [1.82, 2.24) is 0 Å². The largest absolute Gasteiger partial charge is 0.120 e. The maximum atomic E-state index is 5.52. The van der Waals surface area contributed by atoms with Crippen molar-refractivity contribution in [2.45, 2.75) is 139 Å². The molecular formula is C30H56. The van der Waals surface area contributed by atoms with E-state index in [1.54, 1.807) is 0 Å². The average molecular weight is 417 g/mol. The lowest BCUT2D eigenvalue weighted by Gasteiger charge is -2.62. The van der Waals surface area contributed by atoms with Crippen LogP contribution >= 0.6 is 0 Å². The number of terminal acetylenes is 1. The van der Waals surface area contributed by atoms with Crippen LogP contribution < -0.4 is 0 Å². The molecule has 0 aromatic carbocycles. The first kappa shape index (κ1) is 27.6. The molecule has 0 heteroatoms. The molecular weight excluding hydrogens is 360 g/mol. The molecule has 1 aliphatic rings. The molecule has 6 atom stereocenters. The highest BCUT2D eigenvalue weighted by atomic mass is 14.6. The van der Waals surface area contributed by atoms with E-state index in [1.165, 1.54) is 77.0 Å². The summed E-state index contributed by atoms with van der Waals surface area (Å²) in [6.45, 7) is 19.9. The Balaban J connectivity index is 2.95. The van der Waals surface area contributed by atoms with Crippen LogP contribution in [0.1, 0.15) is 139 Å². The van der Waals surface area contributed by atoms with Crippen LogP contribution in [-0.2, 0) is 0 Å². The summed E-state index contributed by atoms with van der Waals surface area (Å²) < 4.78 is 0. The van der Waals surface area contributed by atoms with Gasteiger partial charge in [0.2, 0.25) is 0 Å². The van der Waals surface area contributed by atoms with Crippen LogP contribution in [0, 0.1) is 52.8 Å². The standard InChI is InChI=1S/C30H56/c1-10-13-15-17-25(5)22-28(23-27(7)26(6)21-24(4)16-12-3)30(18-14-11-2)20-19-29(30,8)9/h1,24-28H,11-23H2,2-9H3. The van der Waals surface area contributed by atoms with Gasteiger partial charge in [-0.1, -0.05) is 81.1 Å². The summed E-state index contributed by atoms with van der Waals surface area (Å²) in [5.41, 5.74) is 1.09. The van der Waals surface area contributed by atoms with Crippen molar-refractivity contribution in [3.05, 3.63) is 0 Å². The van der Waals surface area contributed by atoms with Gasteiger partial charge in [-0.3, -0.25) is 0 Å². The van der Waals surface area contributed by atoms with Crippen LogP contribution in [0.2, 0.25) is 0 Å². The minimum atomic E-state index is 0.518. The number of unbranched alkanes of at least 4 members (excludes halogenated alkanes) is 2. The van der Waals surface area contributed by atoms with Crippen LogP contribution in [0.25, 0.3) is 0 Å². The van der Waals surface area contributed by atoms with Crippen molar-refractivity contribution >= 4 is 0 Å². The van der Waals surface area contributed by atoms with Crippen molar-refractivity contribution < 1.29 is 0 Å². The summed E-state index contributed by atoms with van der Waals surface area (Å²) in [4.78, 5) is 0. The smallest absolute Gasteiger partial charge is 0.00861 e. The van der Waals surface area contributed by atoms with Gasteiger partial charge in [0.25, 0.3) is 0 Å². The Hall–Kier alpha value is -0.440. The molecule has 0 radical (unpaired) electrons. The predicted octanol–water partition coefficient (Wildman–Crippen LogP) is 9.92. The van der Waals surface area contributed by atoms with Crippen molar-refractivity contribution in [2.24, 2.45) is 40.4 Å². The fraction of sp³-hybridized carbons (Fsp3) is 0.933. The summed E-state index contributed by atoms with van der Waals surface area (Å²) in [5.74, 6) is 7.09. The van der Waals surface area contributed by atoms with Crippen molar-refractivity contribution in [3.8, 4) is 12.3 Å². The summed E-state index contributed by atoms with van der Waals surface area (Å²) in [6, 6.07) is 0. The molecule has 1 rings (SSSR count). The second-order valence-corrected chi connectivity index (χ2v) is 12.1. The minimum absolute atomic E-state index is 0.518. The molecule has 0 bridgehead atoms. The predicted molar refractivity (Wildman–Crippen MR) is 137 cm³/mol. The lowest BCUT2D eigenvalue weighted by atomic mass is 9.43. The van der Waals surface area contributed by atoms with Crippen LogP contribution in [0.4, 0.5) is 0 Å². The zero-order chi connectivity index (χ0) is 22.8. The molecule has 176 valence electrons. The third kappa shape index (κ3) is 7.61. The van der Waals surface area contributed by atoms with Gasteiger partial charge in [-0.25, -0.2) is 0 Å². The maximum Gasteiger partial charge on any atom is 0.00861 e. The number of hydrogen-bond donors (Lipinski definition) is 0. The number of hydrogen-bond acceptors (Lipinski definition) is 0. The first-order chi connectivity index (χ1) is 14.1. The Bertz CT molecular complexity index is 495. The Morgan fingerprint density at radius 1 is 0.800 bits per heavy atom. The molecule has 0 N–H and O–H groups in total. The van der Waals surface area contributed by atoms with Crippen molar-refractivity contribution in [3.63, 3.8) is 0 Å². The van der Waals surface area contributed by atoms with Gasteiger partial charge in [-0.05, 0) is 91.8 Å². The molecule has 6 unspecified atom stereocenters. The van der Waals surface area contributed by atoms with Gasteiger partial charge in [-0.15, -0.1) is 12.3 Å². The van der Waals surface area contributed by atoms with Crippen LogP contribution in [-0.4, -0.2) is 0 Å². The molecule has 30 heavy (non-hydrogen) atoms. The van der Waals surface area contributed by atoms with E-state index < -0.39 is 0 Å². The van der Waals surface area contributed by atoms with E-state index in [4.69, 9.17) is 6.42 Å². The van der Waals surface area contributed by atoms with Gasteiger partial charge < -0.3 is 0 Å². The average Bonchev–Trinajstić information content (AvgIpc) is 2.67. The van der Waals surface area contributed by atoms with E-state index in [0.717, 1.165) is 36.0 Å². The summed E-state index contributed by atoms with van der Waals surface area (Å²) >= 11 is 0. The van der Waals surface area contributed by atoms with Gasteiger partial charge in [0.15, 0.2) is 0 Å². The third-order valence-electron chi connectivity index (χ3n) is 9.19. The number of rotatable bonds is 16. The maximum absolute atomic E-state index is 5.52. The zero-order valence-corrected chi connectivity index (χ0v) is 22.2. The molecule has 0 aliphatic heterocycles. The summed E-state index contributed by atoms with van der Waals surface area (Å²) in [5, 5.41) is 0. The highest BCUT2D eigenvalue weighted by Crippen LogP contribution is 2.65. The quantitative estimate of drug-likeness (QED) is 0.173. The van der Waals surface area contributed by atoms with E-state index >= 15 is 0 Å². The second kappa shape index (κ2) is 13.2. The Kier molecular flexibility index (Phi) is 12.1. The lowest BCUT2D eigenvalue weighted by Crippen LogP contribution is -2.53. The Labute approximate surface area is 191 Å². The van der Waals surface area contributed by atoms with Crippen molar-refractivity contribution in [1.29, 1.82) is 0 Å². The first-order valence-corrected chi connectivity index (χ1v) is 13.6. The molecule has 0 nitrogen and oxygen atoms in total. The molecule has 0 spiro atoms. The minimum Gasteiger partial charge on any atom is -0.120 e. The molecule has 0 aromatic rings. The molecule has 1 aliphatic carbocycles. The topological polar surface area (TPSA) is 0 Å². The Morgan fingerprint density at radius 2 is 1.43 bits per heavy atom. The van der Waals surface area contributed by atoms with E-state index in [0.29, 0.717) is 10.8 Å². The molecule has 0 heterocycles. The molecule has 0 saturated heterocycles. The van der Waals surface area contributed by atoms with Crippen LogP contribution in [0.3, 0.4) is 0 Å². The van der Waals surface area contributed by atoms with Crippen LogP contribution in [0.5, 0.6) is 0 Å². The molecule has 0 amide bonds. The monoisotopic (exact) mass is 416 g/mol. The normalized spacial score (nSPS) is 25.6. The van der Waals surface area contributed by atoms with Gasteiger partial charge in [-0.2, -0.15) is 0 Å². The molecule has 1 saturated carbocycles. The van der Waals surface area contributed by atoms with Gasteiger partial charge in [0.1, 0.15) is 0 Å². The fourth-order valence-electron chi connectivity index (χ4n) is 6.72. The van der Waals surface area contributed by atoms with E-state index in [1.807, 2.05) is 0 Å². The van der Waals surface area contributed by atoms with Crippen LogP contribution in [0.15, 0.2) is 0 Å². The second-order valence-electron chi connectivity index (χ2n) is 12.1. The highest BCUT2D eigenvalue weighted by Gasteiger charge is 2.56. The van der Waals surface area contributed by atoms with Gasteiger partial charge >= 0.3 is 0 Å². The molecule has 1 fully saturated rings. The SMILES string of the molecule is C#CCCCC(C)CC(CC(C)C(C)CC(C)CCC)C1(CCCC)CCC1(C)C. The zero-order valence-electron chi connectivity index (χ0n) is 22.2. The third-order valence-corrected chi connectivity index (χ3v) is 9.19.